The van der Waals surface area contributed by atoms with Crippen LogP contribution >= 0.6 is 0 Å². The zero-order chi connectivity index (χ0) is 66.0. The fourth-order valence-electron chi connectivity index (χ4n) is 4.43. The minimum absolute atomic E-state index is 0.221. The molecule has 448 valence electrons. The Morgan fingerprint density at radius 3 is 0.963 bits per heavy atom. The van der Waals surface area contributed by atoms with E-state index in [2.05, 4.69) is 38.1 Å². The van der Waals surface area contributed by atoms with Gasteiger partial charge in [-0.3, -0.25) is 33.6 Å². The van der Waals surface area contributed by atoms with Crippen LogP contribution in [-0.2, 0) is 95.9 Å². The molecule has 0 saturated heterocycles. The Hall–Kier alpha value is -10.9. The number of rotatable bonds is 19. The highest BCUT2D eigenvalue weighted by molar-refractivity contribution is 5.99. The zero-order valence-corrected chi connectivity index (χ0v) is 43.9. The van der Waals surface area contributed by atoms with Crippen molar-refractivity contribution in [3.05, 3.63) is 120 Å². The summed E-state index contributed by atoms with van der Waals surface area (Å²) in [6.07, 6.45) is -4.38. The van der Waals surface area contributed by atoms with Crippen LogP contribution in [0, 0.1) is 25.7 Å². The predicted molar refractivity (Wildman–Crippen MR) is 263 cm³/mol. The van der Waals surface area contributed by atoms with Gasteiger partial charge in [-0.25, -0.2) is 19.2 Å². The third-order valence-electron chi connectivity index (χ3n) is 7.59. The SMILES string of the molecule is CC(=O)C/C(=C/C(=O)O)C(=O)O.CC(=O)CC(CC(=O)O)C(=O)O.CC(=O)CC(O)(CC(=O)O)C(=O)O.Cc1ccccc1.Cc1ccccc1.O=C(O)CC(C(=O)O)C(O)C(=O)O.O=C=O.O=C=O.O=C=O.O=C=O.c1ccccc1. The molecular weight excluding hydrogens is 1110 g/mol. The second-order valence-corrected chi connectivity index (χ2v) is 14.6. The molecule has 3 aromatic carbocycles. The van der Waals surface area contributed by atoms with Crippen molar-refractivity contribution in [2.75, 3.05) is 0 Å². The number of benzene rings is 3. The summed E-state index contributed by atoms with van der Waals surface area (Å²) < 4.78 is 0. The Bertz CT molecular complexity index is 2420. The van der Waals surface area contributed by atoms with E-state index in [0.29, 0.717) is 6.08 Å². The normalized spacial score (nSPS) is 10.5. The maximum atomic E-state index is 10.5. The molecule has 0 fully saturated rings. The third-order valence-corrected chi connectivity index (χ3v) is 7.59. The van der Waals surface area contributed by atoms with Gasteiger partial charge in [-0.05, 0) is 34.6 Å². The number of carbonyl (C=O) groups excluding carboxylic acids is 11. The van der Waals surface area contributed by atoms with Crippen LogP contribution in [0.2, 0.25) is 0 Å². The van der Waals surface area contributed by atoms with E-state index in [9.17, 15) is 62.6 Å². The lowest BCUT2D eigenvalue weighted by Crippen LogP contribution is -2.42. The quantitative estimate of drug-likeness (QED) is 0.0756. The summed E-state index contributed by atoms with van der Waals surface area (Å²) in [5.41, 5.74) is -0.252. The van der Waals surface area contributed by atoms with Gasteiger partial charge in [0.05, 0.1) is 30.8 Å². The van der Waals surface area contributed by atoms with Gasteiger partial charge >= 0.3 is 78.3 Å². The molecule has 82 heavy (non-hydrogen) atoms. The number of hydrogen-bond acceptors (Lipinski definition) is 22. The van der Waals surface area contributed by atoms with Crippen LogP contribution in [0.15, 0.2) is 109 Å². The molecule has 0 heterocycles. The van der Waals surface area contributed by atoms with Crippen LogP contribution < -0.4 is 0 Å². The molecule has 0 spiro atoms. The van der Waals surface area contributed by atoms with Gasteiger partial charge in [0, 0.05) is 25.3 Å². The topological polar surface area (TPSA) is 564 Å². The largest absolute Gasteiger partial charge is 0.481 e. The monoisotopic (exact) mass is 1170 g/mol. The van der Waals surface area contributed by atoms with E-state index in [1.54, 1.807) is 0 Å². The fourth-order valence-corrected chi connectivity index (χ4v) is 4.43. The smallest absolute Gasteiger partial charge is 0.373 e. The second kappa shape index (κ2) is 57.8. The molecule has 0 aliphatic carbocycles. The maximum absolute atomic E-state index is 10.5. The first-order chi connectivity index (χ1) is 37.9. The summed E-state index contributed by atoms with van der Waals surface area (Å²) in [5.74, 6) is -17.5. The molecule has 4 unspecified atom stereocenters. The van der Waals surface area contributed by atoms with E-state index in [1.165, 1.54) is 25.0 Å². The van der Waals surface area contributed by atoms with Crippen molar-refractivity contribution in [3.63, 3.8) is 0 Å². The van der Waals surface area contributed by atoms with Gasteiger partial charge in [0.15, 0.2) is 11.7 Å². The minimum atomic E-state index is -2.49. The van der Waals surface area contributed by atoms with E-state index in [4.69, 9.17) is 89.4 Å². The van der Waals surface area contributed by atoms with Gasteiger partial charge in [-0.15, -0.1) is 0 Å². The van der Waals surface area contributed by atoms with Crippen LogP contribution in [-0.4, -0.2) is 164 Å². The fraction of sp³-hybridized carbons (Fsp3) is 0.294. The van der Waals surface area contributed by atoms with E-state index < -0.39 is 114 Å². The number of carboxylic acids is 9. The van der Waals surface area contributed by atoms with Gasteiger partial charge in [0.25, 0.3) is 0 Å². The maximum Gasteiger partial charge on any atom is 0.373 e. The predicted octanol–water partition coefficient (Wildman–Crippen LogP) is 1.41. The zero-order valence-electron chi connectivity index (χ0n) is 43.9. The third kappa shape index (κ3) is 71.2. The summed E-state index contributed by atoms with van der Waals surface area (Å²) in [6, 6.07) is 32.5. The molecule has 3 rings (SSSR count). The summed E-state index contributed by atoms with van der Waals surface area (Å²) >= 11 is 0. The van der Waals surface area contributed by atoms with Crippen molar-refractivity contribution in [2.45, 2.75) is 84.8 Å². The van der Waals surface area contributed by atoms with Crippen LogP contribution in [0.4, 0.5) is 0 Å². The Morgan fingerprint density at radius 1 is 0.451 bits per heavy atom. The Balaban J connectivity index is -0.000000127. The molecule has 4 atom stereocenters. The number of ketones is 3. The highest BCUT2D eigenvalue weighted by Gasteiger charge is 2.39. The molecule has 0 radical (unpaired) electrons. The number of carboxylic acid groups (broad SMARTS) is 9. The molecule has 0 aliphatic heterocycles. The van der Waals surface area contributed by atoms with Crippen LogP contribution in [0.5, 0.6) is 0 Å². The Kier molecular flexibility index (Phi) is 61.8. The second-order valence-electron chi connectivity index (χ2n) is 14.6. The van der Waals surface area contributed by atoms with Crippen LogP contribution in [0.3, 0.4) is 0 Å². The van der Waals surface area contributed by atoms with Gasteiger partial charge in [0.1, 0.15) is 23.3 Å². The van der Waals surface area contributed by atoms with Gasteiger partial charge in [0.2, 0.25) is 0 Å². The minimum Gasteiger partial charge on any atom is -0.481 e. The van der Waals surface area contributed by atoms with Crippen molar-refractivity contribution >= 4 is 95.7 Å². The first kappa shape index (κ1) is 87.7. The van der Waals surface area contributed by atoms with E-state index >= 15 is 0 Å². The lowest BCUT2D eigenvalue weighted by atomic mass is 9.94. The average molecular weight is 1170 g/mol. The van der Waals surface area contributed by atoms with Crippen molar-refractivity contribution in [1.29, 1.82) is 0 Å². The summed E-state index contributed by atoms with van der Waals surface area (Å²) in [5, 5.41) is 92.8. The molecule has 3 aromatic rings. The molecule has 31 heteroatoms. The highest BCUT2D eigenvalue weighted by Crippen LogP contribution is 2.16. The molecule has 11 N–H and O–H groups in total. The van der Waals surface area contributed by atoms with Crippen molar-refractivity contribution in [2.24, 2.45) is 11.8 Å². The van der Waals surface area contributed by atoms with E-state index in [1.807, 2.05) is 72.8 Å². The first-order valence-corrected chi connectivity index (χ1v) is 21.6. The number of aryl methyl sites for hydroxylation is 2. The first-order valence-electron chi connectivity index (χ1n) is 21.6. The number of aliphatic carboxylic acids is 9. The van der Waals surface area contributed by atoms with E-state index in [-0.39, 0.29) is 49.0 Å². The van der Waals surface area contributed by atoms with Crippen molar-refractivity contribution in [1.82, 2.24) is 0 Å². The lowest BCUT2D eigenvalue weighted by molar-refractivity contribution is -0.193. The molecule has 31 nitrogen and oxygen atoms in total. The standard InChI is InChI=1S/C7H10O6.C7H10O5.C7H8O5.2C7H8.C6H8O7.C6H6.4CO2/c1-4(8)2-7(13,6(11)12)3-5(9)10;2*1-4(8)2-5(7(11)12)3-6(9)10;2*1-7-5-3-2-4-6-7;7-3(8)1-2(5(10)11)4(9)6(12)13;1-2-4-6-5-3-1;4*2-1-3/h13H,2-3H2,1H3,(H,9,10)(H,11,12);5H,2-3H2,1H3,(H,9,10)(H,11,12);3H,2H2,1H3,(H,9,10)(H,11,12);2*2-6H,1H3;2,4,9H,1H2,(H,7,8)(H,10,11)(H,12,13);1-6H;;;;/b;;5-3-;;;;;;;;. The van der Waals surface area contributed by atoms with Gasteiger partial charge in [-0.2, -0.15) is 38.4 Å². The van der Waals surface area contributed by atoms with Crippen LogP contribution in [0.25, 0.3) is 0 Å². The van der Waals surface area contributed by atoms with Crippen LogP contribution in [0.1, 0.15) is 70.4 Å². The van der Waals surface area contributed by atoms with Crippen molar-refractivity contribution < 1.29 is 152 Å². The Morgan fingerprint density at radius 2 is 0.780 bits per heavy atom. The molecule has 0 bridgehead atoms. The average Bonchev–Trinajstić information content (AvgIpc) is 3.34. The summed E-state index contributed by atoms with van der Waals surface area (Å²) in [4.78, 5) is 188. The van der Waals surface area contributed by atoms with E-state index in [0.717, 1.165) is 6.92 Å². The number of hydrogen-bond donors (Lipinski definition) is 11. The Labute approximate surface area is 463 Å². The number of carbonyl (C=O) groups is 12. The molecule has 0 amide bonds. The molecule has 0 saturated carbocycles. The van der Waals surface area contributed by atoms with Gasteiger partial charge in [-0.1, -0.05) is 108 Å². The molecule has 0 aliphatic rings. The van der Waals surface area contributed by atoms with Gasteiger partial charge < -0.3 is 61.0 Å². The van der Waals surface area contributed by atoms with Crippen molar-refractivity contribution in [3.8, 4) is 0 Å². The number of Topliss-reactive ketones (excluding diaryl/α,β-unsaturated/α-hetero) is 3. The molecule has 0 aromatic heterocycles. The summed E-state index contributed by atoms with van der Waals surface area (Å²) in [7, 11) is 0. The molecular formula is C51H58O31. The summed E-state index contributed by atoms with van der Waals surface area (Å²) in [6.45, 7) is 7.67. The number of aliphatic hydroxyl groups is 2. The number of aliphatic hydroxyl groups excluding tert-OH is 1. The highest BCUT2D eigenvalue weighted by atomic mass is 16.4. The lowest BCUT2D eigenvalue weighted by Gasteiger charge is -2.19.